The van der Waals surface area contributed by atoms with Crippen LogP contribution < -0.4 is 38.1 Å². The summed E-state index contributed by atoms with van der Waals surface area (Å²) in [6.07, 6.45) is 3.21. The van der Waals surface area contributed by atoms with E-state index in [1.165, 1.54) is 11.8 Å². The van der Waals surface area contributed by atoms with Crippen LogP contribution in [0.4, 0.5) is 0 Å². The molecule has 242 valence electrons. The fourth-order valence-corrected chi connectivity index (χ4v) is 5.09. The molecule has 2 rings (SSSR count). The third kappa shape index (κ3) is 11.1. The van der Waals surface area contributed by atoms with E-state index in [1.54, 1.807) is 6.92 Å². The summed E-state index contributed by atoms with van der Waals surface area (Å²) in [5.41, 5.74) is 10.7. The average Bonchev–Trinajstić information content (AvgIpc) is 3.67. The largest absolute Gasteiger partial charge is 0.480 e. The van der Waals surface area contributed by atoms with E-state index in [1.807, 2.05) is 0 Å². The van der Waals surface area contributed by atoms with Crippen molar-refractivity contribution in [3.8, 4) is 0 Å². The number of carboxylic acid groups (broad SMARTS) is 1. The number of unbranched alkanes of at least 4 members (excludes halogenated alkanes) is 1. The van der Waals surface area contributed by atoms with E-state index < -0.39 is 65.7 Å². The van der Waals surface area contributed by atoms with E-state index in [-0.39, 0.29) is 37.8 Å². The maximum atomic E-state index is 13.3. The topological polar surface area (TPSA) is 255 Å². The first-order valence-corrected chi connectivity index (χ1v) is 14.8. The summed E-state index contributed by atoms with van der Waals surface area (Å²) in [5.74, 6) is -4.82. The van der Waals surface area contributed by atoms with Crippen LogP contribution in [0.1, 0.15) is 71.6 Å². The van der Waals surface area contributed by atoms with Gasteiger partial charge in [0, 0.05) is 13.0 Å². The number of carbonyl (C=O) groups is 7. The van der Waals surface area contributed by atoms with Crippen LogP contribution >= 0.6 is 0 Å². The van der Waals surface area contributed by atoms with Crippen LogP contribution in [0.25, 0.3) is 0 Å². The highest BCUT2D eigenvalue weighted by atomic mass is 16.4. The minimum Gasteiger partial charge on any atom is -0.480 e. The Balaban J connectivity index is 2.02. The van der Waals surface area contributed by atoms with Gasteiger partial charge in [-0.1, -0.05) is 0 Å². The summed E-state index contributed by atoms with van der Waals surface area (Å²) in [5, 5.41) is 22.6. The van der Waals surface area contributed by atoms with Crippen molar-refractivity contribution in [2.75, 3.05) is 19.6 Å². The van der Waals surface area contributed by atoms with E-state index in [0.29, 0.717) is 38.6 Å². The molecule has 16 nitrogen and oxygen atoms in total. The zero-order chi connectivity index (χ0) is 32.1. The molecule has 0 aliphatic carbocycles. The average molecular weight is 611 g/mol. The maximum absolute atomic E-state index is 13.3. The Morgan fingerprint density at radius 2 is 1.58 bits per heavy atom. The molecule has 0 aromatic rings. The number of nitrogens with zero attached hydrogens (tertiary/aromatic N) is 1. The van der Waals surface area contributed by atoms with Crippen molar-refractivity contribution in [3.05, 3.63) is 0 Å². The second-order valence-corrected chi connectivity index (χ2v) is 11.0. The molecule has 2 saturated heterocycles. The molecule has 2 fully saturated rings. The number of carbonyl (C=O) groups excluding carboxylic acids is 6. The Kier molecular flexibility index (Phi) is 14.3. The zero-order valence-corrected chi connectivity index (χ0v) is 24.9. The Labute approximate surface area is 250 Å². The first kappa shape index (κ1) is 35.4. The van der Waals surface area contributed by atoms with Crippen LogP contribution in [0.15, 0.2) is 0 Å². The van der Waals surface area contributed by atoms with Gasteiger partial charge in [0.05, 0.1) is 6.04 Å². The van der Waals surface area contributed by atoms with E-state index >= 15 is 0 Å². The summed E-state index contributed by atoms with van der Waals surface area (Å²) in [6.45, 7) is 4.29. The number of nitrogens with one attached hydrogen (secondary N) is 5. The molecule has 6 atom stereocenters. The molecule has 2 aliphatic heterocycles. The molecule has 6 amide bonds. The molecule has 0 aromatic carbocycles. The molecular formula is C27H46N8O8. The molecule has 10 N–H and O–H groups in total. The number of primary amides is 1. The zero-order valence-electron chi connectivity index (χ0n) is 24.9. The summed E-state index contributed by atoms with van der Waals surface area (Å²) < 4.78 is 0. The van der Waals surface area contributed by atoms with Gasteiger partial charge < -0.3 is 48.1 Å². The SMILES string of the molecule is C[C@H](NC(=O)[C@H](CCC(N)=O)NC(=O)[C@@H]1CCCN1C(=O)[C@H](C)NC(=O)[C@@H]1CCCN1)C(=O)N[C@@H](CCCCN)C(=O)O. The van der Waals surface area contributed by atoms with Crippen molar-refractivity contribution < 1.29 is 38.7 Å². The number of carboxylic acids is 1. The first-order chi connectivity index (χ1) is 20.3. The van der Waals surface area contributed by atoms with Crippen LogP contribution in [0.5, 0.6) is 0 Å². The molecule has 0 spiro atoms. The van der Waals surface area contributed by atoms with E-state index in [4.69, 9.17) is 11.5 Å². The van der Waals surface area contributed by atoms with Crippen molar-refractivity contribution in [2.24, 2.45) is 11.5 Å². The molecule has 43 heavy (non-hydrogen) atoms. The third-order valence-corrected chi connectivity index (χ3v) is 7.57. The predicted octanol–water partition coefficient (Wildman–Crippen LogP) is -2.81. The summed E-state index contributed by atoms with van der Waals surface area (Å²) in [7, 11) is 0. The van der Waals surface area contributed by atoms with Crippen LogP contribution in [0, 0.1) is 0 Å². The summed E-state index contributed by atoms with van der Waals surface area (Å²) in [6, 6.07) is -5.75. The Hall–Kier alpha value is -3.79. The van der Waals surface area contributed by atoms with Gasteiger partial charge in [-0.25, -0.2) is 4.79 Å². The fraction of sp³-hybridized carbons (Fsp3) is 0.741. The number of amides is 6. The Morgan fingerprint density at radius 1 is 0.860 bits per heavy atom. The molecule has 0 aromatic heterocycles. The number of likely N-dealkylation sites (tertiary alicyclic amines) is 1. The summed E-state index contributed by atoms with van der Waals surface area (Å²) in [4.78, 5) is 89.0. The van der Waals surface area contributed by atoms with E-state index in [9.17, 15) is 38.7 Å². The molecule has 0 radical (unpaired) electrons. The van der Waals surface area contributed by atoms with Gasteiger partial charge in [0.1, 0.15) is 30.2 Å². The van der Waals surface area contributed by atoms with Crippen molar-refractivity contribution >= 4 is 41.4 Å². The van der Waals surface area contributed by atoms with Crippen LogP contribution in [-0.2, 0) is 33.6 Å². The molecule has 2 aliphatic rings. The van der Waals surface area contributed by atoms with Crippen molar-refractivity contribution in [2.45, 2.75) is 108 Å². The number of hydrogen-bond donors (Lipinski definition) is 8. The molecule has 0 saturated carbocycles. The lowest BCUT2D eigenvalue weighted by Crippen LogP contribution is -2.58. The van der Waals surface area contributed by atoms with Crippen LogP contribution in [0.3, 0.4) is 0 Å². The first-order valence-electron chi connectivity index (χ1n) is 14.8. The van der Waals surface area contributed by atoms with Gasteiger partial charge in [0.25, 0.3) is 0 Å². The quantitative estimate of drug-likeness (QED) is 0.0784. The maximum Gasteiger partial charge on any atom is 0.326 e. The van der Waals surface area contributed by atoms with Crippen LogP contribution in [0.2, 0.25) is 0 Å². The second-order valence-electron chi connectivity index (χ2n) is 11.0. The third-order valence-electron chi connectivity index (χ3n) is 7.57. The Bertz CT molecular complexity index is 1030. The van der Waals surface area contributed by atoms with E-state index in [0.717, 1.165) is 13.0 Å². The number of aliphatic carboxylic acids is 1. The van der Waals surface area contributed by atoms with Crippen molar-refractivity contribution in [3.63, 3.8) is 0 Å². The lowest BCUT2D eigenvalue weighted by molar-refractivity contribution is -0.142. The highest BCUT2D eigenvalue weighted by Crippen LogP contribution is 2.19. The Morgan fingerprint density at radius 3 is 2.19 bits per heavy atom. The van der Waals surface area contributed by atoms with E-state index in [2.05, 4.69) is 26.6 Å². The minimum absolute atomic E-state index is 0.159. The van der Waals surface area contributed by atoms with Gasteiger partial charge in [0.2, 0.25) is 35.4 Å². The normalized spacial score (nSPS) is 20.8. The van der Waals surface area contributed by atoms with Gasteiger partial charge in [0.15, 0.2) is 0 Å². The van der Waals surface area contributed by atoms with Gasteiger partial charge >= 0.3 is 5.97 Å². The van der Waals surface area contributed by atoms with Crippen molar-refractivity contribution in [1.29, 1.82) is 0 Å². The lowest BCUT2D eigenvalue weighted by Gasteiger charge is -2.29. The number of hydrogen-bond acceptors (Lipinski definition) is 9. The monoisotopic (exact) mass is 610 g/mol. The van der Waals surface area contributed by atoms with Crippen molar-refractivity contribution in [1.82, 2.24) is 31.5 Å². The molecular weight excluding hydrogens is 564 g/mol. The summed E-state index contributed by atoms with van der Waals surface area (Å²) >= 11 is 0. The molecule has 16 heteroatoms. The van der Waals surface area contributed by atoms with Gasteiger partial charge in [-0.05, 0) is 78.3 Å². The number of nitrogens with two attached hydrogens (primary N) is 2. The lowest BCUT2D eigenvalue weighted by atomic mass is 10.1. The molecule has 2 heterocycles. The second kappa shape index (κ2) is 17.4. The predicted molar refractivity (Wildman–Crippen MR) is 154 cm³/mol. The standard InChI is InChI=1S/C27H46N8O8/c1-15(22(37)34-19(27(42)43)7-3-4-12-28)31-24(39)18(10-11-21(29)36)33-25(40)20-9-6-14-35(20)26(41)16(2)32-23(38)17-8-5-13-30-17/h15-20,30H,3-14,28H2,1-2H3,(H2,29,36)(H,31,39)(H,32,38)(H,33,40)(H,34,37)(H,42,43)/t15-,16-,17-,18-,19-,20-/m0/s1. The molecule has 0 bridgehead atoms. The highest BCUT2D eigenvalue weighted by Gasteiger charge is 2.38. The van der Waals surface area contributed by atoms with Gasteiger partial charge in [-0.3, -0.25) is 28.8 Å². The number of rotatable bonds is 17. The van der Waals surface area contributed by atoms with Crippen LogP contribution in [-0.4, -0.2) is 107 Å². The van der Waals surface area contributed by atoms with Gasteiger partial charge in [-0.2, -0.15) is 0 Å². The fourth-order valence-electron chi connectivity index (χ4n) is 5.09. The highest BCUT2D eigenvalue weighted by molar-refractivity contribution is 5.96. The molecule has 0 unspecified atom stereocenters. The van der Waals surface area contributed by atoms with Gasteiger partial charge in [-0.15, -0.1) is 0 Å². The smallest absolute Gasteiger partial charge is 0.326 e. The minimum atomic E-state index is -1.27.